The van der Waals surface area contributed by atoms with Crippen molar-refractivity contribution in [2.45, 2.75) is 19.8 Å². The molecule has 1 aliphatic heterocycles. The van der Waals surface area contributed by atoms with Crippen molar-refractivity contribution >= 4 is 29.5 Å². The van der Waals surface area contributed by atoms with Crippen LogP contribution in [0.2, 0.25) is 5.02 Å². The normalized spacial score (nSPS) is 15.2. The molecule has 0 N–H and O–H groups in total. The largest absolute Gasteiger partial charge is 0.496 e. The average Bonchev–Trinajstić information content (AvgIpc) is 2.94. The smallest absolute Gasteiger partial charge is 0.363 e. The monoisotopic (exact) mass is 355 g/mol. The number of halogens is 1. The van der Waals surface area contributed by atoms with Crippen LogP contribution in [-0.4, -0.2) is 19.0 Å². The maximum Gasteiger partial charge on any atom is 0.363 e. The summed E-state index contributed by atoms with van der Waals surface area (Å²) >= 11 is 6.02. The molecule has 0 bridgehead atoms. The highest BCUT2D eigenvalue weighted by molar-refractivity contribution is 6.30. The topological polar surface area (TPSA) is 47.9 Å². The molecule has 25 heavy (non-hydrogen) atoms. The van der Waals surface area contributed by atoms with E-state index >= 15 is 0 Å². The zero-order chi connectivity index (χ0) is 17.8. The Balaban J connectivity index is 1.76. The number of esters is 1. The molecule has 2 aromatic rings. The van der Waals surface area contributed by atoms with Crippen LogP contribution in [0.15, 0.2) is 53.2 Å². The molecule has 0 saturated heterocycles. The standard InChI is InChI=1S/C20H18ClNO3/c1-13-3-5-14(6-4-13)7-10-19-22-17(20(23)25-19)12-15-11-16(21)8-9-18(15)24-2/h3-6,8-9,11-12H,7,10H2,1-2H3/b17-12+. The predicted molar refractivity (Wildman–Crippen MR) is 99.0 cm³/mol. The van der Waals surface area contributed by atoms with Crippen LogP contribution in [0.25, 0.3) is 6.08 Å². The van der Waals surface area contributed by atoms with Gasteiger partial charge < -0.3 is 9.47 Å². The van der Waals surface area contributed by atoms with E-state index in [1.807, 2.05) is 6.92 Å². The van der Waals surface area contributed by atoms with Gasteiger partial charge in [0.2, 0.25) is 0 Å². The number of aryl methyl sites for hydroxylation is 2. The Kier molecular flexibility index (Phi) is 5.19. The molecule has 0 amide bonds. The van der Waals surface area contributed by atoms with Crippen LogP contribution in [-0.2, 0) is 16.0 Å². The molecular weight excluding hydrogens is 338 g/mol. The van der Waals surface area contributed by atoms with Crippen LogP contribution in [0.1, 0.15) is 23.1 Å². The Labute approximate surface area is 151 Å². The SMILES string of the molecule is COc1ccc(Cl)cc1/C=C1/N=C(CCc2ccc(C)cc2)OC1=O. The summed E-state index contributed by atoms with van der Waals surface area (Å²) in [5, 5.41) is 0.558. The van der Waals surface area contributed by atoms with E-state index in [2.05, 4.69) is 29.3 Å². The van der Waals surface area contributed by atoms with Gasteiger partial charge in [-0.25, -0.2) is 9.79 Å². The summed E-state index contributed by atoms with van der Waals surface area (Å²) in [5.41, 5.74) is 3.33. The van der Waals surface area contributed by atoms with Crippen molar-refractivity contribution in [3.8, 4) is 5.75 Å². The highest BCUT2D eigenvalue weighted by Crippen LogP contribution is 2.27. The summed E-state index contributed by atoms with van der Waals surface area (Å²) < 4.78 is 10.5. The van der Waals surface area contributed by atoms with Gasteiger partial charge in [-0.05, 0) is 43.2 Å². The molecule has 0 aliphatic carbocycles. The highest BCUT2D eigenvalue weighted by Gasteiger charge is 2.23. The molecule has 1 heterocycles. The van der Waals surface area contributed by atoms with Gasteiger partial charge in [0.1, 0.15) is 5.75 Å². The van der Waals surface area contributed by atoms with Crippen LogP contribution in [0, 0.1) is 6.92 Å². The maximum absolute atomic E-state index is 12.1. The number of cyclic esters (lactones) is 1. The third-order valence-electron chi connectivity index (χ3n) is 3.90. The highest BCUT2D eigenvalue weighted by atomic mass is 35.5. The molecule has 4 nitrogen and oxygen atoms in total. The van der Waals surface area contributed by atoms with Gasteiger partial charge in [0.05, 0.1) is 7.11 Å². The number of rotatable bonds is 5. The molecule has 0 unspecified atom stereocenters. The quantitative estimate of drug-likeness (QED) is 0.582. The minimum absolute atomic E-state index is 0.250. The summed E-state index contributed by atoms with van der Waals surface area (Å²) in [6.45, 7) is 2.05. The molecule has 2 aromatic carbocycles. The van der Waals surface area contributed by atoms with Crippen LogP contribution < -0.4 is 4.74 Å². The Bertz CT molecular complexity index is 854. The lowest BCUT2D eigenvalue weighted by molar-refractivity contribution is -0.130. The molecule has 0 spiro atoms. The van der Waals surface area contributed by atoms with Crippen molar-refractivity contribution in [2.24, 2.45) is 4.99 Å². The van der Waals surface area contributed by atoms with E-state index in [4.69, 9.17) is 21.1 Å². The van der Waals surface area contributed by atoms with Gasteiger partial charge in [-0.3, -0.25) is 0 Å². The first kappa shape index (κ1) is 17.2. The van der Waals surface area contributed by atoms with Gasteiger partial charge in [-0.2, -0.15) is 0 Å². The lowest BCUT2D eigenvalue weighted by atomic mass is 10.1. The Morgan fingerprint density at radius 2 is 1.92 bits per heavy atom. The molecule has 0 fully saturated rings. The van der Waals surface area contributed by atoms with Crippen molar-refractivity contribution in [3.63, 3.8) is 0 Å². The number of hydrogen-bond acceptors (Lipinski definition) is 4. The molecule has 0 radical (unpaired) electrons. The first-order chi connectivity index (χ1) is 12.0. The van der Waals surface area contributed by atoms with E-state index in [9.17, 15) is 4.79 Å². The second-order valence-electron chi connectivity index (χ2n) is 5.80. The Morgan fingerprint density at radius 1 is 1.16 bits per heavy atom. The minimum atomic E-state index is -0.457. The molecular formula is C20H18ClNO3. The van der Waals surface area contributed by atoms with Gasteiger partial charge in [0.15, 0.2) is 11.6 Å². The number of hydrogen-bond donors (Lipinski definition) is 0. The number of nitrogens with zero attached hydrogens (tertiary/aromatic N) is 1. The molecule has 128 valence electrons. The number of methoxy groups -OCH3 is 1. The van der Waals surface area contributed by atoms with Crippen molar-refractivity contribution in [1.82, 2.24) is 0 Å². The molecule has 5 heteroatoms. The Hall–Kier alpha value is -2.59. The number of ether oxygens (including phenoxy) is 2. The summed E-state index contributed by atoms with van der Waals surface area (Å²) in [6.07, 6.45) is 2.96. The third-order valence-corrected chi connectivity index (χ3v) is 4.13. The number of aliphatic imine (C=N–C) groups is 1. The molecule has 0 saturated carbocycles. The fraction of sp³-hybridized carbons (Fsp3) is 0.200. The van der Waals surface area contributed by atoms with Gasteiger partial charge in [-0.1, -0.05) is 41.4 Å². The fourth-order valence-electron chi connectivity index (χ4n) is 2.53. The lowest BCUT2D eigenvalue weighted by Gasteiger charge is -2.04. The third kappa shape index (κ3) is 4.28. The van der Waals surface area contributed by atoms with Crippen LogP contribution in [0.3, 0.4) is 0 Å². The second-order valence-corrected chi connectivity index (χ2v) is 6.23. The van der Waals surface area contributed by atoms with Crippen LogP contribution in [0.4, 0.5) is 0 Å². The first-order valence-corrected chi connectivity index (χ1v) is 8.33. The zero-order valence-electron chi connectivity index (χ0n) is 14.1. The van der Waals surface area contributed by atoms with Crippen molar-refractivity contribution in [2.75, 3.05) is 7.11 Å². The predicted octanol–water partition coefficient (Wildman–Crippen LogP) is 4.59. The molecule has 3 rings (SSSR count). The summed E-state index contributed by atoms with van der Waals surface area (Å²) in [5.74, 6) is 0.590. The van der Waals surface area contributed by atoms with Crippen molar-refractivity contribution in [3.05, 3.63) is 69.9 Å². The average molecular weight is 356 g/mol. The summed E-state index contributed by atoms with van der Waals surface area (Å²) in [6, 6.07) is 13.5. The minimum Gasteiger partial charge on any atom is -0.496 e. The van der Waals surface area contributed by atoms with E-state index in [0.29, 0.717) is 28.7 Å². The van der Waals surface area contributed by atoms with Gasteiger partial charge in [0.25, 0.3) is 0 Å². The number of carbonyl (C=O) groups is 1. The van der Waals surface area contributed by atoms with Gasteiger partial charge >= 0.3 is 5.97 Å². The van der Waals surface area contributed by atoms with Gasteiger partial charge in [-0.15, -0.1) is 0 Å². The van der Waals surface area contributed by atoms with E-state index in [1.54, 1.807) is 31.4 Å². The molecule has 0 atom stereocenters. The fourth-order valence-corrected chi connectivity index (χ4v) is 2.71. The maximum atomic E-state index is 12.1. The molecule has 1 aliphatic rings. The lowest BCUT2D eigenvalue weighted by Crippen LogP contribution is -2.05. The van der Waals surface area contributed by atoms with Crippen molar-refractivity contribution in [1.29, 1.82) is 0 Å². The number of benzene rings is 2. The van der Waals surface area contributed by atoms with E-state index < -0.39 is 5.97 Å². The zero-order valence-corrected chi connectivity index (χ0v) is 14.8. The van der Waals surface area contributed by atoms with Crippen LogP contribution in [0.5, 0.6) is 5.75 Å². The van der Waals surface area contributed by atoms with Crippen LogP contribution >= 0.6 is 11.6 Å². The number of carbonyl (C=O) groups excluding carboxylic acids is 1. The summed E-state index contributed by atoms with van der Waals surface area (Å²) in [7, 11) is 1.56. The second kappa shape index (κ2) is 7.53. The van der Waals surface area contributed by atoms with E-state index in [1.165, 1.54) is 11.1 Å². The van der Waals surface area contributed by atoms with E-state index in [-0.39, 0.29) is 5.70 Å². The molecule has 0 aromatic heterocycles. The Morgan fingerprint density at radius 3 is 2.64 bits per heavy atom. The first-order valence-electron chi connectivity index (χ1n) is 7.95. The van der Waals surface area contributed by atoms with Crippen molar-refractivity contribution < 1.29 is 14.3 Å². The van der Waals surface area contributed by atoms with Gasteiger partial charge in [0, 0.05) is 17.0 Å². The van der Waals surface area contributed by atoms with E-state index in [0.717, 1.165) is 6.42 Å². The summed E-state index contributed by atoms with van der Waals surface area (Å²) in [4.78, 5) is 16.4.